The molecule has 0 heterocycles. The minimum absolute atomic E-state index is 0.00939. The third-order valence-corrected chi connectivity index (χ3v) is 4.71. The van der Waals surface area contributed by atoms with E-state index in [1.54, 1.807) is 14.0 Å². The van der Waals surface area contributed by atoms with Crippen molar-refractivity contribution in [1.29, 1.82) is 0 Å². The van der Waals surface area contributed by atoms with Gasteiger partial charge in [0.1, 0.15) is 17.5 Å². The van der Waals surface area contributed by atoms with Crippen LogP contribution in [0.3, 0.4) is 0 Å². The Labute approximate surface area is 168 Å². The summed E-state index contributed by atoms with van der Waals surface area (Å²) in [5.74, 6) is -0.127. The van der Waals surface area contributed by atoms with Gasteiger partial charge in [0, 0.05) is 11.1 Å². The number of ether oxygens (including phenoxy) is 3. The molecule has 0 aliphatic rings. The summed E-state index contributed by atoms with van der Waals surface area (Å²) in [5, 5.41) is 0. The van der Waals surface area contributed by atoms with Crippen LogP contribution in [0.15, 0.2) is 12.1 Å². The number of methoxy groups -OCH3 is 2. The molecule has 158 valence electrons. The highest BCUT2D eigenvalue weighted by Gasteiger charge is 2.31. The first-order valence-electron chi connectivity index (χ1n) is 9.49. The van der Waals surface area contributed by atoms with Gasteiger partial charge in [0.25, 0.3) is 0 Å². The topological polar surface area (TPSA) is 87.9 Å². The fourth-order valence-electron chi connectivity index (χ4n) is 2.86. The molecule has 6 heteroatoms. The zero-order valence-corrected chi connectivity index (χ0v) is 18.6. The van der Waals surface area contributed by atoms with E-state index < -0.39 is 23.9 Å². The van der Waals surface area contributed by atoms with E-state index in [0.29, 0.717) is 5.75 Å². The van der Waals surface area contributed by atoms with Gasteiger partial charge < -0.3 is 19.9 Å². The average molecular weight is 394 g/mol. The lowest BCUT2D eigenvalue weighted by Gasteiger charge is -2.30. The number of rotatable bonds is 6. The van der Waals surface area contributed by atoms with Crippen LogP contribution in [0.4, 0.5) is 0 Å². The van der Waals surface area contributed by atoms with E-state index in [9.17, 15) is 9.59 Å². The van der Waals surface area contributed by atoms with E-state index >= 15 is 0 Å². The van der Waals surface area contributed by atoms with Crippen molar-refractivity contribution in [1.82, 2.24) is 0 Å². The smallest absolute Gasteiger partial charge is 0.322 e. The van der Waals surface area contributed by atoms with Crippen molar-refractivity contribution in [2.75, 3.05) is 14.2 Å². The van der Waals surface area contributed by atoms with Gasteiger partial charge in [-0.15, -0.1) is 0 Å². The van der Waals surface area contributed by atoms with Gasteiger partial charge in [0.05, 0.1) is 20.6 Å². The van der Waals surface area contributed by atoms with Gasteiger partial charge in [-0.25, -0.2) is 0 Å². The standard InChI is InChI=1S/C22H35NO5/c1-13(18(23)20(25)27-9)10-17(24)28-19-15(21(2,3)4)11-14(26-8)12-16(19)22(5,6)7/h11-13,18H,10,23H2,1-9H3. The minimum Gasteiger partial charge on any atom is -0.497 e. The third kappa shape index (κ3) is 5.96. The molecule has 0 saturated carbocycles. The Morgan fingerprint density at radius 2 is 1.46 bits per heavy atom. The number of hydrogen-bond donors (Lipinski definition) is 1. The quantitative estimate of drug-likeness (QED) is 0.585. The van der Waals surface area contributed by atoms with Crippen molar-refractivity contribution in [2.24, 2.45) is 11.7 Å². The molecule has 0 spiro atoms. The highest BCUT2D eigenvalue weighted by atomic mass is 16.5. The molecular weight excluding hydrogens is 358 g/mol. The summed E-state index contributed by atoms with van der Waals surface area (Å²) in [6.45, 7) is 14.1. The molecule has 0 aliphatic carbocycles. The summed E-state index contributed by atoms with van der Waals surface area (Å²) in [5.41, 5.74) is 7.09. The zero-order chi connectivity index (χ0) is 21.9. The zero-order valence-electron chi connectivity index (χ0n) is 18.6. The van der Waals surface area contributed by atoms with Gasteiger partial charge in [0.2, 0.25) is 0 Å². The first kappa shape index (κ1) is 24.0. The summed E-state index contributed by atoms with van der Waals surface area (Å²) in [6.07, 6.45) is 0.00939. The predicted octanol–water partition coefficient (Wildman–Crippen LogP) is 3.72. The molecule has 2 atom stereocenters. The second-order valence-electron chi connectivity index (χ2n) is 9.26. The lowest BCUT2D eigenvalue weighted by atomic mass is 9.79. The summed E-state index contributed by atoms with van der Waals surface area (Å²) in [7, 11) is 2.89. The highest BCUT2D eigenvalue weighted by molar-refractivity contribution is 5.78. The van der Waals surface area contributed by atoms with Crippen LogP contribution in [0.1, 0.15) is 66.0 Å². The summed E-state index contributed by atoms with van der Waals surface area (Å²) >= 11 is 0. The molecule has 0 radical (unpaired) electrons. The van der Waals surface area contributed by atoms with E-state index in [4.69, 9.17) is 15.2 Å². The molecule has 1 rings (SSSR count). The van der Waals surface area contributed by atoms with E-state index in [-0.39, 0.29) is 17.3 Å². The number of carbonyl (C=O) groups is 2. The summed E-state index contributed by atoms with van der Waals surface area (Å²) in [6, 6.07) is 2.93. The van der Waals surface area contributed by atoms with Gasteiger partial charge in [-0.1, -0.05) is 48.5 Å². The molecule has 28 heavy (non-hydrogen) atoms. The fourth-order valence-corrected chi connectivity index (χ4v) is 2.86. The van der Waals surface area contributed by atoms with Crippen LogP contribution in [0.25, 0.3) is 0 Å². The van der Waals surface area contributed by atoms with Gasteiger partial charge in [-0.2, -0.15) is 0 Å². The van der Waals surface area contributed by atoms with Crippen molar-refractivity contribution in [2.45, 2.75) is 71.8 Å². The van der Waals surface area contributed by atoms with E-state index in [0.717, 1.165) is 16.9 Å². The molecule has 6 nitrogen and oxygen atoms in total. The van der Waals surface area contributed by atoms with Gasteiger partial charge in [-0.05, 0) is 28.9 Å². The Morgan fingerprint density at radius 1 is 1.00 bits per heavy atom. The molecular formula is C22H35NO5. The molecule has 2 unspecified atom stereocenters. The molecule has 1 aromatic rings. The Bertz CT molecular complexity index is 678. The van der Waals surface area contributed by atoms with E-state index in [2.05, 4.69) is 46.3 Å². The normalized spacial score (nSPS) is 14.2. The average Bonchev–Trinajstić information content (AvgIpc) is 2.58. The fraction of sp³-hybridized carbons (Fsp3) is 0.636. The Morgan fingerprint density at radius 3 is 1.82 bits per heavy atom. The van der Waals surface area contributed by atoms with Crippen LogP contribution >= 0.6 is 0 Å². The van der Waals surface area contributed by atoms with Gasteiger partial charge in [0.15, 0.2) is 0 Å². The van der Waals surface area contributed by atoms with Crippen LogP contribution in [0.5, 0.6) is 11.5 Å². The number of benzene rings is 1. The molecule has 0 aliphatic heterocycles. The number of esters is 2. The van der Waals surface area contributed by atoms with Crippen molar-refractivity contribution in [3.05, 3.63) is 23.3 Å². The van der Waals surface area contributed by atoms with Gasteiger partial charge in [-0.3, -0.25) is 9.59 Å². The Kier molecular flexibility index (Phi) is 7.66. The largest absolute Gasteiger partial charge is 0.497 e. The SMILES string of the molecule is COC(=O)C(N)C(C)CC(=O)Oc1c(C(C)(C)C)cc(OC)cc1C(C)(C)C. The van der Waals surface area contributed by atoms with Crippen molar-refractivity contribution < 1.29 is 23.8 Å². The lowest BCUT2D eigenvalue weighted by molar-refractivity contribution is -0.144. The molecule has 0 aromatic heterocycles. The second-order valence-corrected chi connectivity index (χ2v) is 9.26. The maximum absolute atomic E-state index is 12.7. The first-order valence-corrected chi connectivity index (χ1v) is 9.49. The first-order chi connectivity index (χ1) is 12.7. The summed E-state index contributed by atoms with van der Waals surface area (Å²) in [4.78, 5) is 24.3. The Hall–Kier alpha value is -2.08. The second kappa shape index (κ2) is 8.95. The third-order valence-electron chi connectivity index (χ3n) is 4.71. The number of nitrogens with two attached hydrogens (primary N) is 1. The van der Waals surface area contributed by atoms with Crippen molar-refractivity contribution in [3.63, 3.8) is 0 Å². The molecule has 0 amide bonds. The van der Waals surface area contributed by atoms with Crippen molar-refractivity contribution >= 4 is 11.9 Å². The number of hydrogen-bond acceptors (Lipinski definition) is 6. The lowest BCUT2D eigenvalue weighted by Crippen LogP contribution is -2.39. The van der Waals surface area contributed by atoms with Crippen LogP contribution in [0.2, 0.25) is 0 Å². The van der Waals surface area contributed by atoms with Gasteiger partial charge >= 0.3 is 11.9 Å². The highest BCUT2D eigenvalue weighted by Crippen LogP contribution is 2.42. The molecule has 0 bridgehead atoms. The summed E-state index contributed by atoms with van der Waals surface area (Å²) < 4.78 is 16.0. The molecule has 1 aromatic carbocycles. The molecule has 2 N–H and O–H groups in total. The minimum atomic E-state index is -0.877. The number of carbonyl (C=O) groups excluding carboxylic acids is 2. The van der Waals surface area contributed by atoms with Crippen LogP contribution in [-0.2, 0) is 25.2 Å². The maximum atomic E-state index is 12.7. The predicted molar refractivity (Wildman–Crippen MR) is 110 cm³/mol. The molecule has 0 saturated heterocycles. The Balaban J connectivity index is 3.31. The maximum Gasteiger partial charge on any atom is 0.322 e. The van der Waals surface area contributed by atoms with Crippen LogP contribution in [-0.4, -0.2) is 32.2 Å². The van der Waals surface area contributed by atoms with Crippen LogP contribution in [0, 0.1) is 5.92 Å². The monoisotopic (exact) mass is 393 g/mol. The van der Waals surface area contributed by atoms with E-state index in [1.807, 2.05) is 12.1 Å². The molecule has 0 fully saturated rings. The van der Waals surface area contributed by atoms with E-state index in [1.165, 1.54) is 7.11 Å². The van der Waals surface area contributed by atoms with Crippen molar-refractivity contribution in [3.8, 4) is 11.5 Å². The van der Waals surface area contributed by atoms with Crippen LogP contribution < -0.4 is 15.2 Å².